The first kappa shape index (κ1) is 22.3. The molecule has 0 aliphatic rings. The molecule has 0 saturated heterocycles. The van der Waals surface area contributed by atoms with Crippen LogP contribution >= 0.6 is 11.6 Å². The highest BCUT2D eigenvalue weighted by atomic mass is 35.5. The summed E-state index contributed by atoms with van der Waals surface area (Å²) >= 11 is 5.74. The second-order valence-corrected chi connectivity index (χ2v) is 8.61. The fourth-order valence-corrected chi connectivity index (χ4v) is 2.67. The molecule has 0 fully saturated rings. The maximum absolute atomic E-state index is 12.6. The van der Waals surface area contributed by atoms with Crippen molar-refractivity contribution in [3.8, 4) is 0 Å². The van der Waals surface area contributed by atoms with Crippen LogP contribution in [0, 0.1) is 0 Å². The number of sulfonamides is 1. The van der Waals surface area contributed by atoms with Gasteiger partial charge in [0.1, 0.15) is 11.4 Å². The number of halogens is 4. The summed E-state index contributed by atoms with van der Waals surface area (Å²) in [6.45, 7) is 4.28. The Bertz CT molecular complexity index is 764. The average Bonchev–Trinajstić information content (AvgIpc) is 2.40. The van der Waals surface area contributed by atoms with E-state index in [1.807, 2.05) is 0 Å². The van der Waals surface area contributed by atoms with Crippen LogP contribution in [-0.4, -0.2) is 48.7 Å². The summed E-state index contributed by atoms with van der Waals surface area (Å²) in [7, 11) is -3.91. The van der Waals surface area contributed by atoms with Gasteiger partial charge in [0.25, 0.3) is 0 Å². The molecule has 1 heterocycles. The molecule has 0 aromatic carbocycles. The number of aromatic nitrogens is 1. The maximum atomic E-state index is 12.6. The topological polar surface area (TPSA) is 88.6 Å². The number of alkyl halides is 3. The van der Waals surface area contributed by atoms with Crippen molar-refractivity contribution in [2.24, 2.45) is 0 Å². The molecule has 0 radical (unpaired) electrons. The maximum Gasteiger partial charge on any atom is 0.424 e. The predicted octanol–water partition coefficient (Wildman–Crippen LogP) is 3.36. The van der Waals surface area contributed by atoms with Crippen molar-refractivity contribution in [1.82, 2.24) is 9.29 Å². The van der Waals surface area contributed by atoms with Crippen molar-refractivity contribution in [3.05, 3.63) is 22.8 Å². The molecule has 0 saturated carbocycles. The van der Waals surface area contributed by atoms with Crippen molar-refractivity contribution >= 4 is 33.5 Å². The number of ether oxygens (including phenoxy) is 1. The van der Waals surface area contributed by atoms with E-state index in [0.717, 1.165) is 6.26 Å². The second kappa shape index (κ2) is 7.87. The number of amides is 1. The van der Waals surface area contributed by atoms with Crippen LogP contribution in [0.5, 0.6) is 0 Å². The molecule has 12 heteroatoms. The molecule has 1 amide bonds. The lowest BCUT2D eigenvalue weighted by Gasteiger charge is -2.26. The van der Waals surface area contributed by atoms with Crippen molar-refractivity contribution < 1.29 is 31.1 Å². The fraction of sp³-hybridized carbons (Fsp3) is 0.571. The highest BCUT2D eigenvalue weighted by Gasteiger charge is 2.32. The first-order valence-corrected chi connectivity index (χ1v) is 9.51. The Labute approximate surface area is 154 Å². The number of pyridine rings is 1. The number of nitrogens with one attached hydrogen (secondary N) is 1. The number of hydrogen-bond donors (Lipinski definition) is 1. The molecule has 1 aromatic rings. The standard InChI is InChI=1S/C14H19ClF3N3O4S/c1-13(2,3)25-12(22)21(26(4,23)24)6-5-19-11-10(15)7-9(8-20-11)14(16,17)18/h7-8H,5-6H2,1-4H3,(H,19,20). The summed E-state index contributed by atoms with van der Waals surface area (Å²) in [6, 6.07) is 0.694. The van der Waals surface area contributed by atoms with E-state index >= 15 is 0 Å². The minimum absolute atomic E-state index is 0.0719. The molecular formula is C14H19ClF3N3O4S. The summed E-state index contributed by atoms with van der Waals surface area (Å²) in [4.78, 5) is 15.6. The Morgan fingerprint density at radius 2 is 1.92 bits per heavy atom. The summed E-state index contributed by atoms with van der Waals surface area (Å²) < 4.78 is 66.7. The Morgan fingerprint density at radius 1 is 1.35 bits per heavy atom. The first-order valence-electron chi connectivity index (χ1n) is 7.28. The van der Waals surface area contributed by atoms with Gasteiger partial charge in [-0.15, -0.1) is 0 Å². The van der Waals surface area contributed by atoms with E-state index in [9.17, 15) is 26.4 Å². The van der Waals surface area contributed by atoms with Crippen molar-refractivity contribution in [2.45, 2.75) is 32.5 Å². The van der Waals surface area contributed by atoms with E-state index in [1.165, 1.54) is 0 Å². The quantitative estimate of drug-likeness (QED) is 0.790. The van der Waals surface area contributed by atoms with Crippen LogP contribution in [0.4, 0.5) is 23.8 Å². The van der Waals surface area contributed by atoms with Gasteiger partial charge in [-0.05, 0) is 26.8 Å². The Balaban J connectivity index is 2.81. The van der Waals surface area contributed by atoms with E-state index in [0.29, 0.717) is 16.6 Å². The predicted molar refractivity (Wildman–Crippen MR) is 90.5 cm³/mol. The summed E-state index contributed by atoms with van der Waals surface area (Å²) in [5.74, 6) is -0.0719. The van der Waals surface area contributed by atoms with Gasteiger partial charge in [-0.1, -0.05) is 11.6 Å². The third-order valence-electron chi connectivity index (χ3n) is 2.77. The SMILES string of the molecule is CC(C)(C)OC(=O)N(CCNc1ncc(C(F)(F)F)cc1Cl)S(C)(=O)=O. The van der Waals surface area contributed by atoms with Crippen LogP contribution in [0.3, 0.4) is 0 Å². The van der Waals surface area contributed by atoms with Gasteiger partial charge >= 0.3 is 12.3 Å². The lowest BCUT2D eigenvalue weighted by Crippen LogP contribution is -2.42. The molecule has 0 aliphatic carbocycles. The number of carbonyl (C=O) groups is 1. The van der Waals surface area contributed by atoms with E-state index in [-0.39, 0.29) is 23.9 Å². The zero-order valence-corrected chi connectivity index (χ0v) is 16.1. The molecule has 1 rings (SSSR count). The van der Waals surface area contributed by atoms with Crippen LogP contribution in [0.15, 0.2) is 12.3 Å². The molecular weight excluding hydrogens is 399 g/mol. The lowest BCUT2D eigenvalue weighted by atomic mass is 10.2. The Morgan fingerprint density at radius 3 is 2.35 bits per heavy atom. The number of rotatable bonds is 5. The summed E-state index contributed by atoms with van der Waals surface area (Å²) in [6.07, 6.45) is -4.22. The molecule has 0 atom stereocenters. The third kappa shape index (κ3) is 6.87. The number of nitrogens with zero attached hydrogens (tertiary/aromatic N) is 2. The summed E-state index contributed by atoms with van der Waals surface area (Å²) in [5.41, 5.74) is -1.91. The third-order valence-corrected chi connectivity index (χ3v) is 4.19. The molecule has 0 aliphatic heterocycles. The smallest absolute Gasteiger partial charge is 0.424 e. The van der Waals surface area contributed by atoms with Crippen molar-refractivity contribution in [1.29, 1.82) is 0 Å². The van der Waals surface area contributed by atoms with Gasteiger partial charge in [-0.25, -0.2) is 22.5 Å². The molecule has 148 valence electrons. The van der Waals surface area contributed by atoms with Gasteiger partial charge < -0.3 is 10.1 Å². The molecule has 1 aromatic heterocycles. The molecule has 0 unspecified atom stereocenters. The highest BCUT2D eigenvalue weighted by molar-refractivity contribution is 7.88. The minimum atomic E-state index is -4.58. The van der Waals surface area contributed by atoms with Gasteiger partial charge in [-0.2, -0.15) is 13.2 Å². The fourth-order valence-electron chi connectivity index (χ4n) is 1.70. The van der Waals surface area contributed by atoms with Crippen LogP contribution in [0.25, 0.3) is 0 Å². The van der Waals surface area contributed by atoms with E-state index < -0.39 is 33.5 Å². The van der Waals surface area contributed by atoms with Gasteiger partial charge in [0.15, 0.2) is 0 Å². The largest absolute Gasteiger partial charge is 0.443 e. The zero-order chi connectivity index (χ0) is 20.3. The minimum Gasteiger partial charge on any atom is -0.443 e. The van der Waals surface area contributed by atoms with Gasteiger partial charge in [0.05, 0.1) is 23.4 Å². The molecule has 26 heavy (non-hydrogen) atoms. The first-order chi connectivity index (χ1) is 11.6. The van der Waals surface area contributed by atoms with Crippen LogP contribution in [0.2, 0.25) is 5.02 Å². The zero-order valence-electron chi connectivity index (χ0n) is 14.5. The molecule has 1 N–H and O–H groups in total. The summed E-state index contributed by atoms with van der Waals surface area (Å²) in [5, 5.41) is 2.30. The number of anilines is 1. The molecule has 0 bridgehead atoms. The van der Waals surface area contributed by atoms with E-state index in [2.05, 4.69) is 10.3 Å². The number of carbonyl (C=O) groups excluding carboxylic acids is 1. The highest BCUT2D eigenvalue weighted by Crippen LogP contribution is 2.32. The normalized spacial score (nSPS) is 12.6. The van der Waals surface area contributed by atoms with Gasteiger partial charge in [0.2, 0.25) is 10.0 Å². The average molecular weight is 418 g/mol. The number of hydrogen-bond acceptors (Lipinski definition) is 6. The van der Waals surface area contributed by atoms with Gasteiger partial charge in [0, 0.05) is 12.7 Å². The molecule has 7 nitrogen and oxygen atoms in total. The van der Waals surface area contributed by atoms with Crippen LogP contribution in [-0.2, 0) is 20.9 Å². The Hall–Kier alpha value is -1.75. The van der Waals surface area contributed by atoms with Crippen LogP contribution < -0.4 is 5.32 Å². The van der Waals surface area contributed by atoms with Crippen molar-refractivity contribution in [2.75, 3.05) is 24.7 Å². The molecule has 0 spiro atoms. The van der Waals surface area contributed by atoms with E-state index in [4.69, 9.17) is 16.3 Å². The van der Waals surface area contributed by atoms with Gasteiger partial charge in [-0.3, -0.25) is 0 Å². The monoisotopic (exact) mass is 417 g/mol. The van der Waals surface area contributed by atoms with Crippen LogP contribution in [0.1, 0.15) is 26.3 Å². The van der Waals surface area contributed by atoms with E-state index in [1.54, 1.807) is 20.8 Å². The Kier molecular flexibility index (Phi) is 6.74. The van der Waals surface area contributed by atoms with Crippen molar-refractivity contribution in [3.63, 3.8) is 0 Å². The second-order valence-electron chi connectivity index (χ2n) is 6.29. The lowest BCUT2D eigenvalue weighted by molar-refractivity contribution is -0.137.